The van der Waals surface area contributed by atoms with E-state index in [-0.39, 0.29) is 28.2 Å². The fourth-order valence-electron chi connectivity index (χ4n) is 3.51. The lowest BCUT2D eigenvalue weighted by atomic mass is 10.0. The van der Waals surface area contributed by atoms with E-state index in [9.17, 15) is 18.0 Å². The normalized spacial score (nSPS) is 15.6. The Morgan fingerprint density at radius 3 is 2.42 bits per heavy atom. The third kappa shape index (κ3) is 7.21. The molecular weight excluding hydrogens is 420 g/mol. The van der Waals surface area contributed by atoms with Gasteiger partial charge in [-0.25, -0.2) is 13.2 Å². The van der Waals surface area contributed by atoms with Crippen molar-refractivity contribution in [2.45, 2.75) is 63.8 Å². The summed E-state index contributed by atoms with van der Waals surface area (Å²) in [4.78, 5) is 24.4. The molecule has 1 saturated heterocycles. The molecule has 1 aromatic rings. The Morgan fingerprint density at radius 1 is 1.13 bits per heavy atom. The Morgan fingerprint density at radius 2 is 1.81 bits per heavy atom. The largest absolute Gasteiger partial charge is 0.495 e. The molecule has 0 aliphatic carbocycles. The van der Waals surface area contributed by atoms with Gasteiger partial charge in [-0.2, -0.15) is 4.31 Å². The van der Waals surface area contributed by atoms with Crippen molar-refractivity contribution in [2.75, 3.05) is 26.8 Å². The highest BCUT2D eigenvalue weighted by Gasteiger charge is 2.31. The van der Waals surface area contributed by atoms with Gasteiger partial charge in [0.2, 0.25) is 10.0 Å². The number of methoxy groups -OCH3 is 1. The van der Waals surface area contributed by atoms with Crippen LogP contribution >= 0.6 is 0 Å². The van der Waals surface area contributed by atoms with Crippen molar-refractivity contribution in [3.63, 3.8) is 0 Å². The summed E-state index contributed by atoms with van der Waals surface area (Å²) in [5.41, 5.74) is 0.0522. The van der Waals surface area contributed by atoms with Gasteiger partial charge in [0.25, 0.3) is 5.91 Å². The molecule has 0 bridgehead atoms. The molecule has 1 fully saturated rings. The molecule has 0 spiro atoms. The lowest BCUT2D eigenvalue weighted by Crippen LogP contribution is -2.35. The summed E-state index contributed by atoms with van der Waals surface area (Å²) < 4.78 is 37.5. The summed E-state index contributed by atoms with van der Waals surface area (Å²) in [6.45, 7) is 6.69. The van der Waals surface area contributed by atoms with E-state index in [0.717, 1.165) is 32.1 Å². The first-order valence-corrected chi connectivity index (χ1v) is 12.2. The molecule has 1 amide bonds. The molecule has 0 saturated carbocycles. The van der Waals surface area contributed by atoms with Gasteiger partial charge in [0, 0.05) is 19.1 Å². The Kier molecular flexibility index (Phi) is 9.31. The van der Waals surface area contributed by atoms with Crippen LogP contribution in [0.25, 0.3) is 0 Å². The first-order valence-electron chi connectivity index (χ1n) is 10.8. The van der Waals surface area contributed by atoms with E-state index in [0.29, 0.717) is 19.0 Å². The van der Waals surface area contributed by atoms with Crippen LogP contribution in [0.5, 0.6) is 5.75 Å². The zero-order valence-corrected chi connectivity index (χ0v) is 19.7. The van der Waals surface area contributed by atoms with Gasteiger partial charge in [0.05, 0.1) is 12.7 Å². The standard InChI is InChI=1S/C22H34N2O6S/c1-16(2)8-7-9-17(3)23-21(25)15-30-22(26)18-10-11-19(29-4)20(14-18)31(27,28)24-12-5-6-13-24/h10-11,14,16-17H,5-9,12-13,15H2,1-4H3,(H,23,25). The third-order valence-electron chi connectivity index (χ3n) is 5.24. The number of benzene rings is 1. The highest BCUT2D eigenvalue weighted by molar-refractivity contribution is 7.89. The number of nitrogens with one attached hydrogen (secondary N) is 1. The van der Waals surface area contributed by atoms with Crippen LogP contribution in [-0.2, 0) is 19.6 Å². The highest BCUT2D eigenvalue weighted by atomic mass is 32.2. The van der Waals surface area contributed by atoms with Gasteiger partial charge in [-0.3, -0.25) is 4.79 Å². The molecule has 174 valence electrons. The van der Waals surface area contributed by atoms with Crippen LogP contribution in [0.15, 0.2) is 23.1 Å². The Labute approximate surface area is 185 Å². The van der Waals surface area contributed by atoms with Gasteiger partial charge >= 0.3 is 5.97 Å². The molecule has 1 aliphatic heterocycles. The number of amides is 1. The number of rotatable bonds is 11. The minimum absolute atomic E-state index is 0.0110. The molecule has 0 aromatic heterocycles. The molecule has 0 radical (unpaired) electrons. The van der Waals surface area contributed by atoms with Crippen molar-refractivity contribution in [3.8, 4) is 5.75 Å². The number of esters is 1. The molecule has 1 unspecified atom stereocenters. The molecule has 9 heteroatoms. The van der Waals surface area contributed by atoms with Gasteiger partial charge in [-0.05, 0) is 50.3 Å². The van der Waals surface area contributed by atoms with Crippen LogP contribution in [0.2, 0.25) is 0 Å². The maximum Gasteiger partial charge on any atom is 0.338 e. The number of hydrogen-bond donors (Lipinski definition) is 1. The third-order valence-corrected chi connectivity index (χ3v) is 7.16. The topological polar surface area (TPSA) is 102 Å². The Balaban J connectivity index is 1.98. The summed E-state index contributed by atoms with van der Waals surface area (Å²) in [5.74, 6) is -0.365. The average molecular weight is 455 g/mol. The van der Waals surface area contributed by atoms with Gasteiger partial charge in [-0.1, -0.05) is 26.7 Å². The summed E-state index contributed by atoms with van der Waals surface area (Å²) in [7, 11) is -2.40. The van der Waals surface area contributed by atoms with Crippen LogP contribution in [0.3, 0.4) is 0 Å². The van der Waals surface area contributed by atoms with Crippen LogP contribution in [0.4, 0.5) is 0 Å². The lowest BCUT2D eigenvalue weighted by molar-refractivity contribution is -0.124. The van der Waals surface area contributed by atoms with Crippen molar-refractivity contribution in [3.05, 3.63) is 23.8 Å². The smallest absolute Gasteiger partial charge is 0.338 e. The molecule has 31 heavy (non-hydrogen) atoms. The van der Waals surface area contributed by atoms with E-state index in [4.69, 9.17) is 9.47 Å². The number of nitrogens with zero attached hydrogens (tertiary/aromatic N) is 1. The zero-order chi connectivity index (χ0) is 23.0. The Hall–Kier alpha value is -2.13. The molecule has 2 rings (SSSR count). The number of carbonyl (C=O) groups is 2. The second kappa shape index (κ2) is 11.5. The van der Waals surface area contributed by atoms with Crippen molar-refractivity contribution in [1.29, 1.82) is 0 Å². The minimum Gasteiger partial charge on any atom is -0.495 e. The maximum absolute atomic E-state index is 12.9. The maximum atomic E-state index is 12.9. The van der Waals surface area contributed by atoms with Gasteiger partial charge in [0.15, 0.2) is 6.61 Å². The lowest BCUT2D eigenvalue weighted by Gasteiger charge is -2.18. The minimum atomic E-state index is -3.78. The fourth-order valence-corrected chi connectivity index (χ4v) is 5.21. The monoisotopic (exact) mass is 454 g/mol. The van der Waals surface area contributed by atoms with Crippen LogP contribution in [0.1, 0.15) is 63.2 Å². The molecule has 8 nitrogen and oxygen atoms in total. The first kappa shape index (κ1) is 25.1. The van der Waals surface area contributed by atoms with Crippen LogP contribution in [-0.4, -0.2) is 57.4 Å². The van der Waals surface area contributed by atoms with Crippen LogP contribution in [0, 0.1) is 5.92 Å². The van der Waals surface area contributed by atoms with Gasteiger partial charge in [0.1, 0.15) is 10.6 Å². The summed E-state index contributed by atoms with van der Waals surface area (Å²) in [6, 6.07) is 4.09. The summed E-state index contributed by atoms with van der Waals surface area (Å²) in [5, 5.41) is 2.81. The van der Waals surface area contributed by atoms with E-state index in [1.165, 1.54) is 29.6 Å². The fraction of sp³-hybridized carbons (Fsp3) is 0.636. The van der Waals surface area contributed by atoms with E-state index < -0.39 is 22.6 Å². The molecule has 1 aliphatic rings. The number of hydrogen-bond acceptors (Lipinski definition) is 6. The zero-order valence-electron chi connectivity index (χ0n) is 18.8. The molecule has 1 N–H and O–H groups in total. The number of ether oxygens (including phenoxy) is 2. The van der Waals surface area contributed by atoms with Gasteiger partial charge < -0.3 is 14.8 Å². The van der Waals surface area contributed by atoms with Gasteiger partial charge in [-0.15, -0.1) is 0 Å². The van der Waals surface area contributed by atoms with Crippen molar-refractivity contribution in [1.82, 2.24) is 9.62 Å². The highest BCUT2D eigenvalue weighted by Crippen LogP contribution is 2.30. The number of carbonyl (C=O) groups excluding carboxylic acids is 2. The quantitative estimate of drug-likeness (QED) is 0.516. The summed E-state index contributed by atoms with van der Waals surface area (Å²) in [6.07, 6.45) is 4.56. The van der Waals surface area contributed by atoms with E-state index >= 15 is 0 Å². The van der Waals surface area contributed by atoms with E-state index in [1.807, 2.05) is 6.92 Å². The SMILES string of the molecule is COc1ccc(C(=O)OCC(=O)NC(C)CCCC(C)C)cc1S(=O)(=O)N1CCCC1. The molecule has 1 atom stereocenters. The van der Waals surface area contributed by atoms with Crippen molar-refractivity contribution in [2.24, 2.45) is 5.92 Å². The first-order chi connectivity index (χ1) is 14.6. The van der Waals surface area contributed by atoms with Crippen LogP contribution < -0.4 is 10.1 Å². The van der Waals surface area contributed by atoms with E-state index in [2.05, 4.69) is 19.2 Å². The Bertz CT molecular complexity index is 863. The predicted molar refractivity (Wildman–Crippen MR) is 118 cm³/mol. The number of sulfonamides is 1. The van der Waals surface area contributed by atoms with Crippen molar-refractivity contribution >= 4 is 21.9 Å². The average Bonchev–Trinajstić information content (AvgIpc) is 3.27. The summed E-state index contributed by atoms with van der Waals surface area (Å²) >= 11 is 0. The van der Waals surface area contributed by atoms with E-state index in [1.54, 1.807) is 0 Å². The predicted octanol–water partition coefficient (Wildman–Crippen LogP) is 2.97. The molecule has 1 heterocycles. The molecule has 1 aromatic carbocycles. The van der Waals surface area contributed by atoms with Crippen molar-refractivity contribution < 1.29 is 27.5 Å². The molecular formula is C22H34N2O6S. The second-order valence-electron chi connectivity index (χ2n) is 8.35. The second-order valence-corrected chi connectivity index (χ2v) is 10.3.